The lowest BCUT2D eigenvalue weighted by atomic mass is 10.2. The Morgan fingerprint density at radius 2 is 2.19 bits per heavy atom. The minimum absolute atomic E-state index is 0.171. The smallest absolute Gasteiger partial charge is 0.203 e. The van der Waals surface area contributed by atoms with Crippen LogP contribution in [0.15, 0.2) is 36.2 Å². The second kappa shape index (κ2) is 4.45. The van der Waals surface area contributed by atoms with Crippen LogP contribution in [-0.4, -0.2) is 18.3 Å². The molecule has 16 heavy (non-hydrogen) atoms. The maximum absolute atomic E-state index is 9.83. The first-order valence-corrected chi connectivity index (χ1v) is 5.36. The highest BCUT2D eigenvalue weighted by molar-refractivity contribution is 5.61. The van der Waals surface area contributed by atoms with Gasteiger partial charge < -0.3 is 9.84 Å². The molecule has 2 N–H and O–H groups in total. The first-order chi connectivity index (χ1) is 7.76. The van der Waals surface area contributed by atoms with Gasteiger partial charge in [-0.1, -0.05) is 19.1 Å². The molecular weight excluding hydrogens is 204 g/mol. The lowest BCUT2D eigenvalue weighted by Crippen LogP contribution is -2.37. The SMILES string of the molecule is CCC1C=C(O)N(c2ccccc2OC)N1. The second-order valence-corrected chi connectivity index (χ2v) is 3.68. The van der Waals surface area contributed by atoms with Crippen molar-refractivity contribution in [2.24, 2.45) is 0 Å². The van der Waals surface area contributed by atoms with Crippen molar-refractivity contribution in [1.82, 2.24) is 5.43 Å². The Labute approximate surface area is 95.1 Å². The maximum Gasteiger partial charge on any atom is 0.203 e. The quantitative estimate of drug-likeness (QED) is 0.819. The lowest BCUT2D eigenvalue weighted by Gasteiger charge is -2.22. The molecule has 0 fully saturated rings. The number of ether oxygens (including phenoxy) is 1. The standard InChI is InChI=1S/C12H16N2O2/c1-3-9-8-12(15)14(13-9)10-6-4-5-7-11(10)16-2/h4-9,13,15H,3H2,1-2H3. The van der Waals surface area contributed by atoms with Gasteiger partial charge in [-0.15, -0.1) is 0 Å². The molecule has 1 unspecified atom stereocenters. The number of hydrogen-bond donors (Lipinski definition) is 2. The minimum Gasteiger partial charge on any atom is -0.495 e. The highest BCUT2D eigenvalue weighted by Gasteiger charge is 2.24. The molecule has 1 heterocycles. The molecule has 1 aliphatic heterocycles. The zero-order valence-corrected chi connectivity index (χ0v) is 9.47. The molecule has 0 aromatic heterocycles. The molecule has 4 heteroatoms. The molecule has 0 saturated carbocycles. The van der Waals surface area contributed by atoms with Crippen molar-refractivity contribution in [2.75, 3.05) is 12.1 Å². The van der Waals surface area contributed by atoms with Crippen molar-refractivity contribution < 1.29 is 9.84 Å². The third-order valence-corrected chi connectivity index (χ3v) is 2.64. The summed E-state index contributed by atoms with van der Waals surface area (Å²) in [7, 11) is 1.62. The van der Waals surface area contributed by atoms with Gasteiger partial charge in [0.2, 0.25) is 5.88 Å². The number of nitrogens with one attached hydrogen (secondary N) is 1. The third-order valence-electron chi connectivity index (χ3n) is 2.64. The molecule has 4 nitrogen and oxygen atoms in total. The van der Waals surface area contributed by atoms with Crippen molar-refractivity contribution in [3.8, 4) is 5.75 Å². The molecule has 86 valence electrons. The summed E-state index contributed by atoms with van der Waals surface area (Å²) < 4.78 is 5.25. The van der Waals surface area contributed by atoms with Gasteiger partial charge in [0.1, 0.15) is 11.4 Å². The zero-order valence-electron chi connectivity index (χ0n) is 9.47. The first-order valence-electron chi connectivity index (χ1n) is 5.36. The molecule has 1 atom stereocenters. The minimum atomic E-state index is 0.171. The lowest BCUT2D eigenvalue weighted by molar-refractivity contribution is 0.379. The number of nitrogens with zero attached hydrogens (tertiary/aromatic N) is 1. The van der Waals surface area contributed by atoms with Crippen LogP contribution in [0.1, 0.15) is 13.3 Å². The van der Waals surface area contributed by atoms with Gasteiger partial charge in [0.15, 0.2) is 0 Å². The van der Waals surface area contributed by atoms with Gasteiger partial charge >= 0.3 is 0 Å². The normalized spacial score (nSPS) is 19.8. The number of aliphatic hydroxyl groups excluding tert-OH is 1. The topological polar surface area (TPSA) is 44.7 Å². The summed E-state index contributed by atoms with van der Waals surface area (Å²) in [5, 5.41) is 11.5. The molecule has 0 amide bonds. The van der Waals surface area contributed by atoms with E-state index in [1.807, 2.05) is 24.3 Å². The van der Waals surface area contributed by atoms with E-state index < -0.39 is 0 Å². The van der Waals surface area contributed by atoms with E-state index >= 15 is 0 Å². The molecule has 2 rings (SSSR count). The molecule has 0 bridgehead atoms. The fourth-order valence-corrected chi connectivity index (χ4v) is 1.74. The van der Waals surface area contributed by atoms with Crippen molar-refractivity contribution >= 4 is 5.69 Å². The van der Waals surface area contributed by atoms with Crippen molar-refractivity contribution in [3.05, 3.63) is 36.2 Å². The molecule has 1 aromatic carbocycles. The predicted molar refractivity (Wildman–Crippen MR) is 63.4 cm³/mol. The van der Waals surface area contributed by atoms with Crippen molar-refractivity contribution in [3.63, 3.8) is 0 Å². The fourth-order valence-electron chi connectivity index (χ4n) is 1.74. The Kier molecular flexibility index (Phi) is 3.01. The summed E-state index contributed by atoms with van der Waals surface area (Å²) in [6, 6.07) is 7.74. The third kappa shape index (κ3) is 1.84. The molecule has 0 saturated heterocycles. The van der Waals surface area contributed by atoms with Gasteiger partial charge in [0.25, 0.3) is 0 Å². The summed E-state index contributed by atoms with van der Waals surface area (Å²) in [5.74, 6) is 0.947. The average molecular weight is 220 g/mol. The number of benzene rings is 1. The van der Waals surface area contributed by atoms with Gasteiger partial charge in [-0.25, -0.2) is 10.4 Å². The Balaban J connectivity index is 2.29. The molecule has 1 aromatic rings. The Morgan fingerprint density at radius 3 is 2.81 bits per heavy atom. The van der Waals surface area contributed by atoms with Crippen LogP contribution in [0.3, 0.4) is 0 Å². The van der Waals surface area contributed by atoms with E-state index in [1.54, 1.807) is 18.2 Å². The maximum atomic E-state index is 9.83. The monoisotopic (exact) mass is 220 g/mol. The van der Waals surface area contributed by atoms with Crippen LogP contribution in [0, 0.1) is 0 Å². The van der Waals surface area contributed by atoms with Gasteiger partial charge in [-0.3, -0.25) is 0 Å². The molecule has 0 aliphatic carbocycles. The van der Waals surface area contributed by atoms with Gasteiger partial charge in [0.05, 0.1) is 7.11 Å². The van der Waals surface area contributed by atoms with Gasteiger partial charge in [0, 0.05) is 6.04 Å². The largest absolute Gasteiger partial charge is 0.495 e. The number of para-hydroxylation sites is 2. The second-order valence-electron chi connectivity index (χ2n) is 3.68. The van der Waals surface area contributed by atoms with Crippen LogP contribution in [-0.2, 0) is 0 Å². The number of aliphatic hydroxyl groups is 1. The number of rotatable bonds is 3. The van der Waals surface area contributed by atoms with Crippen molar-refractivity contribution in [2.45, 2.75) is 19.4 Å². The Hall–Kier alpha value is -1.68. The van der Waals surface area contributed by atoms with Crippen LogP contribution in [0.5, 0.6) is 5.75 Å². The van der Waals surface area contributed by atoms with Crippen LogP contribution >= 0.6 is 0 Å². The summed E-state index contributed by atoms with van der Waals surface area (Å²) >= 11 is 0. The van der Waals surface area contributed by atoms with E-state index in [0.29, 0.717) is 0 Å². The fraction of sp³-hybridized carbons (Fsp3) is 0.333. The zero-order chi connectivity index (χ0) is 11.5. The summed E-state index contributed by atoms with van der Waals surface area (Å²) in [4.78, 5) is 0. The number of anilines is 1. The summed E-state index contributed by atoms with van der Waals surface area (Å²) in [6.45, 7) is 2.06. The average Bonchev–Trinajstić information content (AvgIpc) is 2.70. The molecule has 0 spiro atoms. The number of hydrazine groups is 1. The highest BCUT2D eigenvalue weighted by Crippen LogP contribution is 2.30. The summed E-state index contributed by atoms with van der Waals surface area (Å²) in [6.07, 6.45) is 2.72. The van der Waals surface area contributed by atoms with E-state index in [4.69, 9.17) is 4.74 Å². The van der Waals surface area contributed by atoms with Crippen LogP contribution in [0.25, 0.3) is 0 Å². The Morgan fingerprint density at radius 1 is 1.44 bits per heavy atom. The van der Waals surface area contributed by atoms with Gasteiger partial charge in [-0.05, 0) is 24.6 Å². The van der Waals surface area contributed by atoms with Crippen LogP contribution in [0.4, 0.5) is 5.69 Å². The van der Waals surface area contributed by atoms with Crippen LogP contribution < -0.4 is 15.2 Å². The van der Waals surface area contributed by atoms with E-state index in [2.05, 4.69) is 12.3 Å². The molecule has 0 radical (unpaired) electrons. The first kappa shape index (κ1) is 10.8. The highest BCUT2D eigenvalue weighted by atomic mass is 16.5. The number of hydrogen-bond acceptors (Lipinski definition) is 4. The van der Waals surface area contributed by atoms with E-state index in [1.165, 1.54) is 0 Å². The summed E-state index contributed by atoms with van der Waals surface area (Å²) in [5.41, 5.74) is 4.01. The predicted octanol–water partition coefficient (Wildman–Crippen LogP) is 2.20. The van der Waals surface area contributed by atoms with Gasteiger partial charge in [-0.2, -0.15) is 0 Å². The van der Waals surface area contributed by atoms with Crippen LogP contribution in [0.2, 0.25) is 0 Å². The number of methoxy groups -OCH3 is 1. The molecule has 1 aliphatic rings. The van der Waals surface area contributed by atoms with E-state index in [0.717, 1.165) is 17.9 Å². The Bertz CT molecular complexity index is 404. The van der Waals surface area contributed by atoms with E-state index in [-0.39, 0.29) is 11.9 Å². The van der Waals surface area contributed by atoms with Crippen molar-refractivity contribution in [1.29, 1.82) is 0 Å². The van der Waals surface area contributed by atoms with E-state index in [9.17, 15) is 5.11 Å². The molecular formula is C12H16N2O2.